The van der Waals surface area contributed by atoms with Crippen molar-refractivity contribution in [1.29, 1.82) is 5.26 Å². The van der Waals surface area contributed by atoms with Crippen LogP contribution in [0.3, 0.4) is 0 Å². The number of esters is 1. The van der Waals surface area contributed by atoms with E-state index in [0.29, 0.717) is 11.1 Å². The Morgan fingerprint density at radius 3 is 2.74 bits per heavy atom. The molecule has 100 valence electrons. The van der Waals surface area contributed by atoms with Crippen molar-refractivity contribution >= 4 is 23.4 Å². The summed E-state index contributed by atoms with van der Waals surface area (Å²) in [7, 11) is 0. The molecule has 1 rings (SSSR count). The fraction of sp³-hybridized carbons (Fsp3) is 0.357. The molecule has 0 N–H and O–H groups in total. The maximum Gasteiger partial charge on any atom is 0.338 e. The number of carbonyl (C=O) groups is 2. The molecule has 5 heteroatoms. The van der Waals surface area contributed by atoms with Gasteiger partial charge in [0.05, 0.1) is 30.5 Å². The third-order valence-corrected chi connectivity index (χ3v) is 2.78. The highest BCUT2D eigenvalue weighted by molar-refractivity contribution is 6.27. The highest BCUT2D eigenvalue weighted by atomic mass is 35.5. The van der Waals surface area contributed by atoms with Crippen LogP contribution in [0.1, 0.15) is 28.4 Å². The third kappa shape index (κ3) is 4.38. The van der Waals surface area contributed by atoms with Crippen LogP contribution in [0.15, 0.2) is 18.2 Å². The summed E-state index contributed by atoms with van der Waals surface area (Å²) in [5, 5.41) is 8.78. The lowest BCUT2D eigenvalue weighted by molar-refractivity contribution is -0.116. The lowest BCUT2D eigenvalue weighted by Gasteiger charge is -2.08. The molecule has 0 unspecified atom stereocenters. The largest absolute Gasteiger partial charge is 0.462 e. The number of nitriles is 1. The van der Waals surface area contributed by atoms with Gasteiger partial charge in [-0.15, -0.1) is 11.6 Å². The summed E-state index contributed by atoms with van der Waals surface area (Å²) in [4.78, 5) is 23.0. The van der Waals surface area contributed by atoms with E-state index in [4.69, 9.17) is 21.6 Å². The van der Waals surface area contributed by atoms with Crippen molar-refractivity contribution in [2.24, 2.45) is 0 Å². The van der Waals surface area contributed by atoms with Crippen LogP contribution in [0.2, 0.25) is 0 Å². The Bertz CT molecular complexity index is 520. The summed E-state index contributed by atoms with van der Waals surface area (Å²) in [5.41, 5.74) is 1.68. The first-order valence-electron chi connectivity index (χ1n) is 5.85. The van der Waals surface area contributed by atoms with Crippen LogP contribution in [-0.4, -0.2) is 24.2 Å². The predicted octanol–water partition coefficient (Wildman–Crippen LogP) is 2.28. The highest BCUT2D eigenvalue weighted by Gasteiger charge is 2.13. The number of rotatable bonds is 6. The summed E-state index contributed by atoms with van der Waals surface area (Å²) in [6, 6.07) is 6.94. The van der Waals surface area contributed by atoms with Gasteiger partial charge in [-0.05, 0) is 24.1 Å². The van der Waals surface area contributed by atoms with Gasteiger partial charge >= 0.3 is 5.97 Å². The van der Waals surface area contributed by atoms with Crippen LogP contribution in [0, 0.1) is 11.3 Å². The predicted molar refractivity (Wildman–Crippen MR) is 71.1 cm³/mol. The Labute approximate surface area is 116 Å². The van der Waals surface area contributed by atoms with E-state index in [-0.39, 0.29) is 31.1 Å². The molecule has 1 aromatic carbocycles. The zero-order valence-electron chi connectivity index (χ0n) is 10.6. The molecule has 1 aromatic rings. The Morgan fingerprint density at radius 1 is 1.42 bits per heavy atom. The number of nitrogens with zero attached hydrogens (tertiary/aromatic N) is 1. The van der Waals surface area contributed by atoms with E-state index in [1.807, 2.05) is 6.07 Å². The standard InChI is InChI=1S/C14H14ClNO3/c1-2-19-14(18)13-4-3-10(8-12(17)9-15)7-11(13)5-6-16/h3-4,7H,2,5,8-9H2,1H3. The molecule has 0 fully saturated rings. The van der Waals surface area contributed by atoms with Gasteiger partial charge in [-0.3, -0.25) is 4.79 Å². The zero-order chi connectivity index (χ0) is 14.3. The summed E-state index contributed by atoms with van der Waals surface area (Å²) < 4.78 is 4.92. The molecule has 0 aliphatic carbocycles. The maximum atomic E-state index is 11.7. The van der Waals surface area contributed by atoms with Gasteiger partial charge < -0.3 is 4.74 Å². The van der Waals surface area contributed by atoms with Gasteiger partial charge in [-0.2, -0.15) is 5.26 Å². The average Bonchev–Trinajstić information content (AvgIpc) is 2.39. The minimum atomic E-state index is -0.456. The molecule has 4 nitrogen and oxygen atoms in total. The normalized spacial score (nSPS) is 9.74. The van der Waals surface area contributed by atoms with Crippen LogP contribution in [0.25, 0.3) is 0 Å². The van der Waals surface area contributed by atoms with E-state index in [0.717, 1.165) is 5.56 Å². The maximum absolute atomic E-state index is 11.7. The van der Waals surface area contributed by atoms with Crippen molar-refractivity contribution in [1.82, 2.24) is 0 Å². The van der Waals surface area contributed by atoms with Gasteiger partial charge in [-0.25, -0.2) is 4.79 Å². The second-order valence-electron chi connectivity index (χ2n) is 3.90. The smallest absolute Gasteiger partial charge is 0.338 e. The highest BCUT2D eigenvalue weighted by Crippen LogP contribution is 2.15. The van der Waals surface area contributed by atoms with Crippen LogP contribution >= 0.6 is 11.6 Å². The van der Waals surface area contributed by atoms with E-state index in [2.05, 4.69) is 0 Å². The summed E-state index contributed by atoms with van der Waals surface area (Å²) in [6.07, 6.45) is 0.294. The molecule has 0 atom stereocenters. The molecule has 0 amide bonds. The average molecular weight is 280 g/mol. The minimum Gasteiger partial charge on any atom is -0.462 e. The molecule has 0 aliphatic heterocycles. The first-order valence-corrected chi connectivity index (χ1v) is 6.39. The molecule has 0 aliphatic rings. The van der Waals surface area contributed by atoms with Crippen LogP contribution in [0.5, 0.6) is 0 Å². The van der Waals surface area contributed by atoms with Crippen molar-refractivity contribution in [3.8, 4) is 6.07 Å². The summed E-state index contributed by atoms with van der Waals surface area (Å²) in [5.74, 6) is -0.607. The number of halogens is 1. The third-order valence-electron chi connectivity index (χ3n) is 2.48. The Morgan fingerprint density at radius 2 is 2.16 bits per heavy atom. The van der Waals surface area contributed by atoms with Gasteiger partial charge in [0, 0.05) is 6.42 Å². The molecular formula is C14H14ClNO3. The number of ketones is 1. The number of ether oxygens (including phenoxy) is 1. The van der Waals surface area contributed by atoms with Crippen molar-refractivity contribution in [3.63, 3.8) is 0 Å². The fourth-order valence-corrected chi connectivity index (χ4v) is 1.77. The number of hydrogen-bond donors (Lipinski definition) is 0. The van der Waals surface area contributed by atoms with Crippen LogP contribution in [0.4, 0.5) is 0 Å². The van der Waals surface area contributed by atoms with Gasteiger partial charge in [0.1, 0.15) is 0 Å². The van der Waals surface area contributed by atoms with E-state index in [1.54, 1.807) is 25.1 Å². The molecule has 0 radical (unpaired) electrons. The number of carbonyl (C=O) groups excluding carboxylic acids is 2. The van der Waals surface area contributed by atoms with Gasteiger partial charge in [-0.1, -0.05) is 12.1 Å². The molecule has 0 bridgehead atoms. The van der Waals surface area contributed by atoms with Gasteiger partial charge in [0.15, 0.2) is 5.78 Å². The Kier molecular flexibility index (Phi) is 6.04. The van der Waals surface area contributed by atoms with Crippen molar-refractivity contribution < 1.29 is 14.3 Å². The quantitative estimate of drug-likeness (QED) is 0.592. The first kappa shape index (κ1) is 15.2. The van der Waals surface area contributed by atoms with Crippen LogP contribution in [-0.2, 0) is 22.4 Å². The monoisotopic (exact) mass is 279 g/mol. The molecular weight excluding hydrogens is 266 g/mol. The van der Waals surface area contributed by atoms with E-state index >= 15 is 0 Å². The molecule has 0 aromatic heterocycles. The van der Waals surface area contributed by atoms with Gasteiger partial charge in [0.2, 0.25) is 0 Å². The van der Waals surface area contributed by atoms with Crippen molar-refractivity contribution in [3.05, 3.63) is 34.9 Å². The molecule has 19 heavy (non-hydrogen) atoms. The number of Topliss-reactive ketones (excluding diaryl/α,β-unsaturated/α-hetero) is 1. The topological polar surface area (TPSA) is 67.2 Å². The number of alkyl halides is 1. The van der Waals surface area contributed by atoms with Crippen molar-refractivity contribution in [2.45, 2.75) is 19.8 Å². The van der Waals surface area contributed by atoms with E-state index in [9.17, 15) is 9.59 Å². The second-order valence-corrected chi connectivity index (χ2v) is 4.16. The van der Waals surface area contributed by atoms with E-state index in [1.165, 1.54) is 0 Å². The summed E-state index contributed by atoms with van der Waals surface area (Å²) in [6.45, 7) is 1.99. The lowest BCUT2D eigenvalue weighted by atomic mass is 9.99. The Balaban J connectivity index is 3.04. The fourth-order valence-electron chi connectivity index (χ4n) is 1.67. The minimum absolute atomic E-state index is 0.0484. The molecule has 0 saturated heterocycles. The first-order chi connectivity index (χ1) is 9.12. The Hall–Kier alpha value is -1.86. The number of hydrogen-bond acceptors (Lipinski definition) is 4. The zero-order valence-corrected chi connectivity index (χ0v) is 11.4. The SMILES string of the molecule is CCOC(=O)c1ccc(CC(=O)CCl)cc1CC#N. The molecule has 0 saturated carbocycles. The van der Waals surface area contributed by atoms with Crippen LogP contribution < -0.4 is 0 Å². The van der Waals surface area contributed by atoms with Crippen molar-refractivity contribution in [2.75, 3.05) is 12.5 Å². The second kappa shape index (κ2) is 7.55. The van der Waals surface area contributed by atoms with E-state index < -0.39 is 5.97 Å². The summed E-state index contributed by atoms with van der Waals surface area (Å²) >= 11 is 5.45. The lowest BCUT2D eigenvalue weighted by Crippen LogP contribution is -2.10. The van der Waals surface area contributed by atoms with Gasteiger partial charge in [0.25, 0.3) is 0 Å². The molecule has 0 spiro atoms. The number of benzene rings is 1. The molecule has 0 heterocycles.